The second-order valence-electron chi connectivity index (χ2n) is 9.10. The number of nitrogens with one attached hydrogen (secondary N) is 1. The molecule has 0 radical (unpaired) electrons. The van der Waals surface area contributed by atoms with Crippen molar-refractivity contribution in [3.8, 4) is 0 Å². The number of nitrogens with zero attached hydrogens (tertiary/aromatic N) is 1. The molecule has 1 N–H and O–H groups in total. The highest BCUT2D eigenvalue weighted by atomic mass is 19.1. The summed E-state index contributed by atoms with van der Waals surface area (Å²) >= 11 is 0. The van der Waals surface area contributed by atoms with Gasteiger partial charge in [-0.25, -0.2) is 4.39 Å². The van der Waals surface area contributed by atoms with Gasteiger partial charge in [-0.3, -0.25) is 9.59 Å². The molecule has 1 saturated heterocycles. The molecule has 0 spiro atoms. The lowest BCUT2D eigenvalue weighted by molar-refractivity contribution is -0.154. The maximum Gasteiger partial charge on any atom is 0.306 e. The number of amides is 1. The summed E-state index contributed by atoms with van der Waals surface area (Å²) in [6, 6.07) is 0. The number of rotatable bonds is 11. The van der Waals surface area contributed by atoms with Crippen molar-refractivity contribution in [3.05, 3.63) is 90.2 Å². The van der Waals surface area contributed by atoms with Crippen LogP contribution in [0.2, 0.25) is 0 Å². The van der Waals surface area contributed by atoms with E-state index in [1.165, 1.54) is 6.08 Å². The van der Waals surface area contributed by atoms with Gasteiger partial charge in [0.2, 0.25) is 0 Å². The Morgan fingerprint density at radius 3 is 2.54 bits per heavy atom. The number of ether oxygens (including phenoxy) is 1. The molecular formula is C29H37FN2O3. The zero-order valence-electron chi connectivity index (χ0n) is 21.4. The average molecular weight is 481 g/mol. The van der Waals surface area contributed by atoms with Crippen molar-refractivity contribution >= 4 is 17.4 Å². The Labute approximate surface area is 208 Å². The third-order valence-electron chi connectivity index (χ3n) is 6.11. The van der Waals surface area contributed by atoms with Gasteiger partial charge >= 0.3 is 5.97 Å². The largest absolute Gasteiger partial charge is 0.462 e. The zero-order valence-corrected chi connectivity index (χ0v) is 21.4. The van der Waals surface area contributed by atoms with Crippen LogP contribution in [-0.2, 0) is 16.1 Å². The molecule has 1 atom stereocenters. The van der Waals surface area contributed by atoms with Crippen LogP contribution in [0, 0.1) is 6.92 Å². The molecular weight excluding hydrogens is 443 g/mol. The van der Waals surface area contributed by atoms with Crippen LogP contribution in [0.1, 0.15) is 79.7 Å². The molecule has 1 aliphatic heterocycles. The summed E-state index contributed by atoms with van der Waals surface area (Å²) in [7, 11) is 0. The monoisotopic (exact) mass is 480 g/mol. The van der Waals surface area contributed by atoms with E-state index in [4.69, 9.17) is 4.74 Å². The number of halogens is 1. The van der Waals surface area contributed by atoms with Crippen molar-refractivity contribution in [1.82, 2.24) is 9.88 Å². The molecule has 1 aliphatic rings. The topological polar surface area (TPSA) is 60.3 Å². The molecule has 1 aromatic rings. The van der Waals surface area contributed by atoms with E-state index < -0.39 is 5.83 Å². The first-order valence-electron chi connectivity index (χ1n) is 11.9. The lowest BCUT2D eigenvalue weighted by Crippen LogP contribution is -2.26. The predicted octanol–water partition coefficient (Wildman–Crippen LogP) is 6.83. The van der Waals surface area contributed by atoms with Crippen molar-refractivity contribution in [3.63, 3.8) is 0 Å². The number of esters is 1. The van der Waals surface area contributed by atoms with Gasteiger partial charge in [0.15, 0.2) is 0 Å². The first kappa shape index (κ1) is 27.8. The SMILES string of the molecule is C=C/C=C(\C=C)NC(=O)c1c(C)c(C(=C)/C(C)=C\C(=C)F)n(CCC2CCCC(=O)O2)c1C(C)C. The Morgan fingerprint density at radius 2 is 2.00 bits per heavy atom. The molecule has 0 bridgehead atoms. The number of hydrogen-bond donors (Lipinski definition) is 1. The lowest BCUT2D eigenvalue weighted by atomic mass is 9.98. The fraction of sp³-hybridized carbons (Fsp3) is 0.379. The summed E-state index contributed by atoms with van der Waals surface area (Å²) in [4.78, 5) is 25.3. The minimum atomic E-state index is -0.569. The van der Waals surface area contributed by atoms with Crippen LogP contribution in [0.4, 0.5) is 4.39 Å². The van der Waals surface area contributed by atoms with Crippen LogP contribution < -0.4 is 5.32 Å². The normalized spacial score (nSPS) is 16.6. The Kier molecular flexibility index (Phi) is 9.81. The summed E-state index contributed by atoms with van der Waals surface area (Å²) in [5, 5.41) is 2.90. The molecule has 1 aromatic heterocycles. The van der Waals surface area contributed by atoms with Crippen molar-refractivity contribution in [2.75, 3.05) is 0 Å². The van der Waals surface area contributed by atoms with E-state index in [1.807, 2.05) is 20.8 Å². The van der Waals surface area contributed by atoms with Crippen LogP contribution in [0.15, 0.2) is 67.7 Å². The van der Waals surface area contributed by atoms with E-state index in [0.717, 1.165) is 29.8 Å². The number of hydrogen-bond acceptors (Lipinski definition) is 3. The van der Waals surface area contributed by atoms with Gasteiger partial charge in [-0.2, -0.15) is 0 Å². The summed E-state index contributed by atoms with van der Waals surface area (Å²) in [6.45, 7) is 23.2. The Bertz CT molecular complexity index is 1100. The second kappa shape index (κ2) is 12.3. The van der Waals surface area contributed by atoms with Crippen molar-refractivity contribution in [2.24, 2.45) is 0 Å². The lowest BCUT2D eigenvalue weighted by Gasteiger charge is -2.24. The maximum atomic E-state index is 13.6. The van der Waals surface area contributed by atoms with Gasteiger partial charge in [0.1, 0.15) is 11.9 Å². The molecule has 0 aliphatic carbocycles. The van der Waals surface area contributed by atoms with Gasteiger partial charge in [-0.05, 0) is 67.5 Å². The minimum Gasteiger partial charge on any atom is -0.462 e. The third-order valence-corrected chi connectivity index (χ3v) is 6.11. The predicted molar refractivity (Wildman–Crippen MR) is 141 cm³/mol. The molecule has 1 fully saturated rings. The average Bonchev–Trinajstić information content (AvgIpc) is 3.08. The fourth-order valence-electron chi connectivity index (χ4n) is 4.52. The molecule has 6 heteroatoms. The Hall–Kier alpha value is -3.41. The number of allylic oxidation sites excluding steroid dienone is 7. The zero-order chi connectivity index (χ0) is 26.3. The van der Waals surface area contributed by atoms with Crippen molar-refractivity contribution in [2.45, 2.75) is 71.9 Å². The van der Waals surface area contributed by atoms with Crippen LogP contribution in [0.25, 0.3) is 5.57 Å². The van der Waals surface area contributed by atoms with E-state index in [-0.39, 0.29) is 23.9 Å². The Balaban J connectivity index is 2.64. The van der Waals surface area contributed by atoms with Gasteiger partial charge in [0.05, 0.1) is 11.3 Å². The second-order valence-corrected chi connectivity index (χ2v) is 9.10. The molecule has 0 aromatic carbocycles. The van der Waals surface area contributed by atoms with Gasteiger partial charge in [0, 0.05) is 30.8 Å². The highest BCUT2D eigenvalue weighted by Gasteiger charge is 2.29. The first-order chi connectivity index (χ1) is 16.5. The summed E-state index contributed by atoms with van der Waals surface area (Å²) in [5.74, 6) is -1.01. The van der Waals surface area contributed by atoms with Crippen LogP contribution in [0.3, 0.4) is 0 Å². The van der Waals surface area contributed by atoms with E-state index in [9.17, 15) is 14.0 Å². The molecule has 2 heterocycles. The fourth-order valence-corrected chi connectivity index (χ4v) is 4.52. The molecule has 35 heavy (non-hydrogen) atoms. The number of carbonyl (C=O) groups excluding carboxylic acids is 2. The number of aromatic nitrogens is 1. The van der Waals surface area contributed by atoms with Gasteiger partial charge in [-0.15, -0.1) is 0 Å². The van der Waals surface area contributed by atoms with E-state index in [1.54, 1.807) is 25.2 Å². The van der Waals surface area contributed by atoms with E-state index in [2.05, 4.69) is 36.2 Å². The quantitative estimate of drug-likeness (QED) is 0.279. The Morgan fingerprint density at radius 1 is 1.31 bits per heavy atom. The smallest absolute Gasteiger partial charge is 0.306 e. The van der Waals surface area contributed by atoms with Crippen LogP contribution in [0.5, 0.6) is 0 Å². The highest BCUT2D eigenvalue weighted by molar-refractivity contribution is 6.00. The molecule has 0 saturated carbocycles. The molecule has 2 rings (SSSR count). The maximum absolute atomic E-state index is 13.6. The summed E-state index contributed by atoms with van der Waals surface area (Å²) in [6.07, 6.45) is 8.62. The van der Waals surface area contributed by atoms with Gasteiger partial charge in [0.25, 0.3) is 5.91 Å². The van der Waals surface area contributed by atoms with Crippen LogP contribution >= 0.6 is 0 Å². The van der Waals surface area contributed by atoms with Crippen molar-refractivity contribution in [1.29, 1.82) is 0 Å². The summed E-state index contributed by atoms with van der Waals surface area (Å²) < 4.78 is 21.2. The first-order valence-corrected chi connectivity index (χ1v) is 11.9. The standard InChI is InChI=1S/C29H37FN2O3/c1-9-12-23(10-2)31-29(34)26-22(8)28(21(7)19(5)17-20(6)30)32(27(26)18(3)4)16-15-24-13-11-14-25(33)35-24/h9-10,12,17-18,24H,1-2,6-7,11,13-16H2,3-5,8H3,(H,31,34)/b19-17-,23-12+. The molecule has 1 unspecified atom stereocenters. The summed E-state index contributed by atoms with van der Waals surface area (Å²) in [5.41, 5.74) is 4.64. The minimum absolute atomic E-state index is 0.000831. The molecule has 1 amide bonds. The number of cyclic esters (lactones) is 1. The van der Waals surface area contributed by atoms with Crippen molar-refractivity contribution < 1.29 is 18.7 Å². The molecule has 5 nitrogen and oxygen atoms in total. The number of carbonyl (C=O) groups is 2. The van der Waals surface area contributed by atoms with E-state index in [0.29, 0.717) is 41.8 Å². The highest BCUT2D eigenvalue weighted by Crippen LogP contribution is 2.36. The van der Waals surface area contributed by atoms with E-state index >= 15 is 0 Å². The van der Waals surface area contributed by atoms with Gasteiger partial charge < -0.3 is 14.6 Å². The van der Waals surface area contributed by atoms with Crippen LogP contribution in [-0.4, -0.2) is 22.5 Å². The molecule has 188 valence electrons. The third kappa shape index (κ3) is 6.81. The van der Waals surface area contributed by atoms with Gasteiger partial charge in [-0.1, -0.05) is 46.2 Å².